The van der Waals surface area contributed by atoms with Gasteiger partial charge in [0, 0.05) is 23.2 Å². The molecule has 0 radical (unpaired) electrons. The molecule has 0 saturated carbocycles. The average Bonchev–Trinajstić information content (AvgIpc) is 2.27. The summed E-state index contributed by atoms with van der Waals surface area (Å²) in [4.78, 5) is 11.4. The highest BCUT2D eigenvalue weighted by Gasteiger charge is 2.22. The van der Waals surface area contributed by atoms with Crippen molar-refractivity contribution < 1.29 is 4.79 Å². The smallest absolute Gasteiger partial charge is 0.223 e. The number of benzene rings is 1. The summed E-state index contributed by atoms with van der Waals surface area (Å²) in [6, 6.07) is 8.00. The Balaban J connectivity index is 1.90. The van der Waals surface area contributed by atoms with Crippen molar-refractivity contribution in [2.45, 2.75) is 30.6 Å². The van der Waals surface area contributed by atoms with Crippen molar-refractivity contribution in [3.8, 4) is 0 Å². The Labute approximate surface area is 110 Å². The summed E-state index contributed by atoms with van der Waals surface area (Å²) < 4.78 is 0. The molecule has 0 aliphatic carbocycles. The number of nitrogens with one attached hydrogen (secondary N) is 2. The maximum atomic E-state index is 11.4. The molecule has 1 aliphatic rings. The van der Waals surface area contributed by atoms with E-state index in [1.54, 1.807) is 11.8 Å². The number of thioether (sulfide) groups is 1. The van der Waals surface area contributed by atoms with Gasteiger partial charge < -0.3 is 5.32 Å². The molecule has 92 valence electrons. The fraction of sp³-hybridized carbons (Fsp3) is 0.417. The Morgan fingerprint density at radius 2 is 2.24 bits per heavy atom. The topological polar surface area (TPSA) is 41.1 Å². The number of hydrogen-bond acceptors (Lipinski definition) is 3. The van der Waals surface area contributed by atoms with Gasteiger partial charge in [0.1, 0.15) is 5.50 Å². The molecule has 3 nitrogen and oxygen atoms in total. The number of carbonyl (C=O) groups excluding carboxylic acids is 1. The summed E-state index contributed by atoms with van der Waals surface area (Å²) in [6.45, 7) is 2.02. The van der Waals surface area contributed by atoms with Crippen LogP contribution in [0.15, 0.2) is 24.3 Å². The summed E-state index contributed by atoms with van der Waals surface area (Å²) in [5, 5.41) is 7.00. The van der Waals surface area contributed by atoms with Crippen LogP contribution in [0.1, 0.15) is 18.9 Å². The van der Waals surface area contributed by atoms with Gasteiger partial charge in [-0.3, -0.25) is 10.1 Å². The van der Waals surface area contributed by atoms with Gasteiger partial charge in [0.2, 0.25) is 5.91 Å². The quantitative estimate of drug-likeness (QED) is 0.886. The number of amides is 1. The van der Waals surface area contributed by atoms with Crippen LogP contribution in [0.2, 0.25) is 5.02 Å². The standard InChI is InChI=1S/C12H15ClN2OS/c1-8-6-11(16)15-12(14-8)17-7-9-4-2-3-5-10(9)13/h2-5,8,12,14H,6-7H2,1H3,(H,15,16). The van der Waals surface area contributed by atoms with Gasteiger partial charge in [-0.15, -0.1) is 11.8 Å². The van der Waals surface area contributed by atoms with Crippen molar-refractivity contribution >= 4 is 29.3 Å². The molecule has 2 unspecified atom stereocenters. The van der Waals surface area contributed by atoms with E-state index in [2.05, 4.69) is 10.6 Å². The molecule has 1 amide bonds. The third kappa shape index (κ3) is 3.63. The Hall–Kier alpha value is -0.710. The van der Waals surface area contributed by atoms with Gasteiger partial charge in [-0.25, -0.2) is 0 Å². The summed E-state index contributed by atoms with van der Waals surface area (Å²) in [6.07, 6.45) is 0.545. The predicted octanol–water partition coefficient (Wildman–Crippen LogP) is 2.35. The molecule has 17 heavy (non-hydrogen) atoms. The van der Waals surface area contributed by atoms with E-state index < -0.39 is 0 Å². The van der Waals surface area contributed by atoms with Crippen LogP contribution in [0.4, 0.5) is 0 Å². The maximum Gasteiger partial charge on any atom is 0.223 e. The second-order valence-corrected chi connectivity index (χ2v) is 5.62. The van der Waals surface area contributed by atoms with E-state index in [1.165, 1.54) is 0 Å². The lowest BCUT2D eigenvalue weighted by molar-refractivity contribution is -0.123. The minimum absolute atomic E-state index is 0.0254. The van der Waals surface area contributed by atoms with Crippen LogP contribution in [-0.4, -0.2) is 17.4 Å². The van der Waals surface area contributed by atoms with E-state index in [9.17, 15) is 4.79 Å². The fourth-order valence-electron chi connectivity index (χ4n) is 1.72. The molecule has 1 aromatic carbocycles. The largest absolute Gasteiger partial charge is 0.332 e. The van der Waals surface area contributed by atoms with Gasteiger partial charge in [-0.1, -0.05) is 29.8 Å². The first kappa shape index (κ1) is 12.7. The molecule has 2 N–H and O–H groups in total. The van der Waals surface area contributed by atoms with Crippen LogP contribution in [-0.2, 0) is 10.5 Å². The highest BCUT2D eigenvalue weighted by molar-refractivity contribution is 7.99. The summed E-state index contributed by atoms with van der Waals surface area (Å²) in [5.41, 5.74) is 1.07. The van der Waals surface area contributed by atoms with E-state index in [-0.39, 0.29) is 17.4 Å². The Bertz CT molecular complexity index is 413. The minimum Gasteiger partial charge on any atom is -0.332 e. The van der Waals surface area contributed by atoms with Gasteiger partial charge in [0.05, 0.1) is 0 Å². The van der Waals surface area contributed by atoms with Crippen LogP contribution < -0.4 is 10.6 Å². The second kappa shape index (κ2) is 5.76. The first-order chi connectivity index (χ1) is 8.15. The van der Waals surface area contributed by atoms with Crippen LogP contribution in [0.25, 0.3) is 0 Å². The van der Waals surface area contributed by atoms with E-state index >= 15 is 0 Å². The van der Waals surface area contributed by atoms with Crippen molar-refractivity contribution in [2.75, 3.05) is 0 Å². The zero-order valence-corrected chi connectivity index (χ0v) is 11.1. The van der Waals surface area contributed by atoms with E-state index in [0.717, 1.165) is 16.3 Å². The molecule has 0 spiro atoms. The monoisotopic (exact) mass is 270 g/mol. The minimum atomic E-state index is -0.0254. The lowest BCUT2D eigenvalue weighted by atomic mass is 10.2. The number of halogens is 1. The van der Waals surface area contributed by atoms with Crippen molar-refractivity contribution in [1.29, 1.82) is 0 Å². The van der Waals surface area contributed by atoms with Crippen molar-refractivity contribution in [3.63, 3.8) is 0 Å². The molecule has 2 rings (SSSR count). The first-order valence-electron chi connectivity index (χ1n) is 5.55. The van der Waals surface area contributed by atoms with E-state index in [0.29, 0.717) is 6.42 Å². The summed E-state index contributed by atoms with van der Waals surface area (Å²) >= 11 is 7.72. The maximum absolute atomic E-state index is 11.4. The SMILES string of the molecule is CC1CC(=O)NC(SCc2ccccc2Cl)N1. The molecule has 0 aromatic heterocycles. The zero-order chi connectivity index (χ0) is 12.3. The second-order valence-electron chi connectivity index (χ2n) is 4.12. The third-order valence-corrected chi connectivity index (χ3v) is 4.02. The Kier molecular flexibility index (Phi) is 4.31. The Morgan fingerprint density at radius 3 is 2.94 bits per heavy atom. The van der Waals surface area contributed by atoms with Crippen LogP contribution in [0.5, 0.6) is 0 Å². The molecule has 1 fully saturated rings. The first-order valence-corrected chi connectivity index (χ1v) is 6.98. The number of hydrogen-bond donors (Lipinski definition) is 2. The summed E-state index contributed by atoms with van der Waals surface area (Å²) in [5.74, 6) is 0.887. The van der Waals surface area contributed by atoms with E-state index in [1.807, 2.05) is 31.2 Å². The van der Waals surface area contributed by atoms with Gasteiger partial charge >= 0.3 is 0 Å². The molecule has 1 saturated heterocycles. The van der Waals surface area contributed by atoms with Gasteiger partial charge in [-0.05, 0) is 18.6 Å². The van der Waals surface area contributed by atoms with Crippen LogP contribution in [0.3, 0.4) is 0 Å². The number of carbonyl (C=O) groups is 1. The normalized spacial score (nSPS) is 24.5. The van der Waals surface area contributed by atoms with Gasteiger partial charge in [0.15, 0.2) is 0 Å². The lowest BCUT2D eigenvalue weighted by Crippen LogP contribution is -2.53. The highest BCUT2D eigenvalue weighted by Crippen LogP contribution is 2.23. The van der Waals surface area contributed by atoms with Crippen molar-refractivity contribution in [1.82, 2.24) is 10.6 Å². The van der Waals surface area contributed by atoms with Crippen LogP contribution >= 0.6 is 23.4 Å². The molecule has 1 heterocycles. The molecule has 1 aromatic rings. The Morgan fingerprint density at radius 1 is 1.47 bits per heavy atom. The number of rotatable bonds is 3. The predicted molar refractivity (Wildman–Crippen MR) is 71.9 cm³/mol. The molecular weight excluding hydrogens is 256 g/mol. The zero-order valence-electron chi connectivity index (χ0n) is 9.57. The molecule has 1 aliphatic heterocycles. The molecule has 2 atom stereocenters. The lowest BCUT2D eigenvalue weighted by Gasteiger charge is -2.29. The highest BCUT2D eigenvalue weighted by atomic mass is 35.5. The molecule has 0 bridgehead atoms. The summed E-state index contributed by atoms with van der Waals surface area (Å²) in [7, 11) is 0. The fourth-order valence-corrected chi connectivity index (χ4v) is 3.14. The molecule has 5 heteroatoms. The van der Waals surface area contributed by atoms with E-state index in [4.69, 9.17) is 11.6 Å². The van der Waals surface area contributed by atoms with Gasteiger partial charge in [0.25, 0.3) is 0 Å². The third-order valence-electron chi connectivity index (χ3n) is 2.58. The van der Waals surface area contributed by atoms with Crippen molar-refractivity contribution in [3.05, 3.63) is 34.9 Å². The molecular formula is C12H15ClN2OS. The van der Waals surface area contributed by atoms with Crippen molar-refractivity contribution in [2.24, 2.45) is 0 Å². The van der Waals surface area contributed by atoms with Gasteiger partial charge in [-0.2, -0.15) is 0 Å². The average molecular weight is 271 g/mol. The van der Waals surface area contributed by atoms with Crippen LogP contribution in [0, 0.1) is 0 Å².